The number of pyridine rings is 1. The Morgan fingerprint density at radius 3 is 2.79 bits per heavy atom. The van der Waals surface area contributed by atoms with Crippen molar-refractivity contribution >= 4 is 35.8 Å². The van der Waals surface area contributed by atoms with Crippen LogP contribution in [0.2, 0.25) is 0 Å². The largest absolute Gasteiger partial charge is 0.381 e. The van der Waals surface area contributed by atoms with Crippen LogP contribution in [0.15, 0.2) is 47.6 Å². The van der Waals surface area contributed by atoms with Gasteiger partial charge in [-0.15, -0.1) is 24.0 Å². The van der Waals surface area contributed by atoms with Crippen molar-refractivity contribution in [2.45, 2.75) is 37.6 Å². The summed E-state index contributed by atoms with van der Waals surface area (Å²) < 4.78 is 33.7. The molecule has 2 N–H and O–H groups in total. The third kappa shape index (κ3) is 6.32. The lowest BCUT2D eigenvalue weighted by atomic mass is 9.74. The Balaban J connectivity index is 0.00000306. The highest BCUT2D eigenvalue weighted by atomic mass is 127. The molecular formula is C24H32F2IN5O. The summed E-state index contributed by atoms with van der Waals surface area (Å²) in [7, 11) is 0. The van der Waals surface area contributed by atoms with Gasteiger partial charge in [0.25, 0.3) is 0 Å². The second-order valence-electron chi connectivity index (χ2n) is 8.48. The van der Waals surface area contributed by atoms with E-state index in [1.54, 1.807) is 24.4 Å². The molecule has 9 heteroatoms. The van der Waals surface area contributed by atoms with E-state index in [0.717, 1.165) is 43.9 Å². The summed E-state index contributed by atoms with van der Waals surface area (Å²) >= 11 is 0. The van der Waals surface area contributed by atoms with Gasteiger partial charge in [-0.3, -0.25) is 4.99 Å². The number of nitrogens with one attached hydrogen (secondary N) is 2. The normalized spacial score (nSPS) is 20.3. The smallest absolute Gasteiger partial charge is 0.191 e. The standard InChI is InChI=1S/C24H31F2N5O.HI/c1-2-27-23(30-20-8-12-31(16-20)22-21(26)7-4-11-28-22)29-17-24(9-13-32-14-10-24)18-5-3-6-19(25)15-18;/h3-7,11,15,20H,2,8-10,12-14,16-17H2,1H3,(H2,27,29,30);1H. The van der Waals surface area contributed by atoms with Crippen LogP contribution >= 0.6 is 24.0 Å². The zero-order valence-corrected chi connectivity index (χ0v) is 21.2. The highest BCUT2D eigenvalue weighted by Gasteiger charge is 2.35. The molecule has 1 aromatic carbocycles. The van der Waals surface area contributed by atoms with Crippen LogP contribution < -0.4 is 15.5 Å². The molecule has 3 heterocycles. The van der Waals surface area contributed by atoms with Crippen molar-refractivity contribution in [3.8, 4) is 0 Å². The van der Waals surface area contributed by atoms with Crippen LogP contribution in [-0.4, -0.2) is 56.4 Å². The summed E-state index contributed by atoms with van der Waals surface area (Å²) in [5.41, 5.74) is 0.722. The van der Waals surface area contributed by atoms with E-state index in [1.807, 2.05) is 17.9 Å². The van der Waals surface area contributed by atoms with Crippen LogP contribution in [0.3, 0.4) is 0 Å². The average molecular weight is 571 g/mol. The highest BCUT2D eigenvalue weighted by molar-refractivity contribution is 14.0. The molecule has 0 spiro atoms. The summed E-state index contributed by atoms with van der Waals surface area (Å²) in [6.45, 7) is 5.97. The molecule has 1 unspecified atom stereocenters. The highest BCUT2D eigenvalue weighted by Crippen LogP contribution is 2.35. The van der Waals surface area contributed by atoms with Crippen molar-refractivity contribution in [2.75, 3.05) is 44.3 Å². The Labute approximate surface area is 211 Å². The summed E-state index contributed by atoms with van der Waals surface area (Å²) in [5, 5.41) is 6.82. The molecule has 33 heavy (non-hydrogen) atoms. The Kier molecular flexibility index (Phi) is 9.25. The van der Waals surface area contributed by atoms with Gasteiger partial charge < -0.3 is 20.3 Å². The minimum atomic E-state index is -0.301. The van der Waals surface area contributed by atoms with Gasteiger partial charge in [0, 0.05) is 50.5 Å². The van der Waals surface area contributed by atoms with E-state index in [4.69, 9.17) is 9.73 Å². The molecule has 2 fully saturated rings. The minimum absolute atomic E-state index is 0. The molecular weight excluding hydrogens is 539 g/mol. The number of hydrogen-bond donors (Lipinski definition) is 2. The SMILES string of the molecule is CCNC(=NCC1(c2cccc(F)c2)CCOCC1)NC1CCN(c2ncccc2F)C1.I. The van der Waals surface area contributed by atoms with E-state index in [9.17, 15) is 8.78 Å². The lowest BCUT2D eigenvalue weighted by Gasteiger charge is -2.36. The molecule has 2 aliphatic heterocycles. The lowest BCUT2D eigenvalue weighted by molar-refractivity contribution is 0.0530. The van der Waals surface area contributed by atoms with E-state index in [1.165, 1.54) is 12.1 Å². The molecule has 0 radical (unpaired) electrons. The zero-order chi connectivity index (χ0) is 22.4. The third-order valence-electron chi connectivity index (χ3n) is 6.34. The summed E-state index contributed by atoms with van der Waals surface area (Å²) in [4.78, 5) is 11.1. The molecule has 0 amide bonds. The van der Waals surface area contributed by atoms with E-state index in [0.29, 0.717) is 32.1 Å². The Morgan fingerprint density at radius 1 is 1.24 bits per heavy atom. The van der Waals surface area contributed by atoms with Crippen molar-refractivity contribution in [3.63, 3.8) is 0 Å². The van der Waals surface area contributed by atoms with E-state index in [-0.39, 0.29) is 47.1 Å². The Bertz CT molecular complexity index is 939. The van der Waals surface area contributed by atoms with Gasteiger partial charge in [0.05, 0.1) is 6.54 Å². The number of benzene rings is 1. The number of hydrogen-bond acceptors (Lipinski definition) is 4. The monoisotopic (exact) mass is 571 g/mol. The Morgan fingerprint density at radius 2 is 2.06 bits per heavy atom. The maximum atomic E-state index is 14.1. The van der Waals surface area contributed by atoms with Crippen molar-refractivity contribution in [1.82, 2.24) is 15.6 Å². The molecule has 1 atom stereocenters. The average Bonchev–Trinajstić information content (AvgIpc) is 3.27. The topological polar surface area (TPSA) is 61.8 Å². The van der Waals surface area contributed by atoms with Crippen LogP contribution in [0.4, 0.5) is 14.6 Å². The number of aliphatic imine (C=N–C) groups is 1. The van der Waals surface area contributed by atoms with Crippen LogP contribution in [0, 0.1) is 11.6 Å². The first-order chi connectivity index (χ1) is 15.6. The van der Waals surface area contributed by atoms with E-state index < -0.39 is 0 Å². The fraction of sp³-hybridized carbons (Fsp3) is 0.500. The molecule has 0 bridgehead atoms. The van der Waals surface area contributed by atoms with Gasteiger partial charge in [-0.25, -0.2) is 13.8 Å². The molecule has 4 rings (SSSR count). The molecule has 6 nitrogen and oxygen atoms in total. The molecule has 2 aromatic rings. The van der Waals surface area contributed by atoms with E-state index in [2.05, 4.69) is 15.6 Å². The van der Waals surface area contributed by atoms with Gasteiger partial charge in [0.15, 0.2) is 17.6 Å². The first kappa shape index (κ1) is 25.6. The summed E-state index contributed by atoms with van der Waals surface area (Å²) in [6.07, 6.45) is 4.08. The summed E-state index contributed by atoms with van der Waals surface area (Å²) in [5.74, 6) is 0.592. The van der Waals surface area contributed by atoms with Gasteiger partial charge in [-0.2, -0.15) is 0 Å². The predicted octanol–water partition coefficient (Wildman–Crippen LogP) is 3.86. The quantitative estimate of drug-likeness (QED) is 0.314. The predicted molar refractivity (Wildman–Crippen MR) is 137 cm³/mol. The first-order valence-electron chi connectivity index (χ1n) is 11.3. The number of halogens is 3. The number of rotatable bonds is 6. The fourth-order valence-electron chi connectivity index (χ4n) is 4.54. The second-order valence-corrected chi connectivity index (χ2v) is 8.48. The maximum Gasteiger partial charge on any atom is 0.191 e. The van der Waals surface area contributed by atoms with Crippen LogP contribution in [-0.2, 0) is 10.2 Å². The van der Waals surface area contributed by atoms with Crippen LogP contribution in [0.25, 0.3) is 0 Å². The van der Waals surface area contributed by atoms with Gasteiger partial charge >= 0.3 is 0 Å². The second kappa shape index (κ2) is 11.9. The van der Waals surface area contributed by atoms with Gasteiger partial charge in [0.2, 0.25) is 0 Å². The molecule has 2 aliphatic rings. The van der Waals surface area contributed by atoms with Crippen molar-refractivity contribution in [2.24, 2.45) is 4.99 Å². The number of guanidine groups is 1. The Hall–Kier alpha value is -2.01. The molecule has 2 saturated heterocycles. The molecule has 180 valence electrons. The third-order valence-corrected chi connectivity index (χ3v) is 6.34. The van der Waals surface area contributed by atoms with Crippen LogP contribution in [0.5, 0.6) is 0 Å². The molecule has 0 saturated carbocycles. The minimum Gasteiger partial charge on any atom is -0.381 e. The van der Waals surface area contributed by atoms with Crippen molar-refractivity contribution in [1.29, 1.82) is 0 Å². The van der Waals surface area contributed by atoms with Crippen LogP contribution in [0.1, 0.15) is 31.7 Å². The number of nitrogens with zero attached hydrogens (tertiary/aromatic N) is 3. The number of aromatic nitrogens is 1. The first-order valence-corrected chi connectivity index (χ1v) is 11.3. The van der Waals surface area contributed by atoms with E-state index >= 15 is 0 Å². The lowest BCUT2D eigenvalue weighted by Crippen LogP contribution is -2.46. The van der Waals surface area contributed by atoms with Crippen molar-refractivity contribution in [3.05, 3.63) is 59.8 Å². The fourth-order valence-corrected chi connectivity index (χ4v) is 4.54. The summed E-state index contributed by atoms with van der Waals surface area (Å²) in [6, 6.07) is 10.0. The van der Waals surface area contributed by atoms with Gasteiger partial charge in [-0.1, -0.05) is 12.1 Å². The van der Waals surface area contributed by atoms with Gasteiger partial charge in [0.1, 0.15) is 5.82 Å². The zero-order valence-electron chi connectivity index (χ0n) is 18.9. The van der Waals surface area contributed by atoms with Gasteiger partial charge in [-0.05, 0) is 56.0 Å². The number of ether oxygens (including phenoxy) is 1. The number of anilines is 1. The van der Waals surface area contributed by atoms with Crippen molar-refractivity contribution < 1.29 is 13.5 Å². The molecule has 1 aromatic heterocycles. The molecule has 0 aliphatic carbocycles. The maximum absolute atomic E-state index is 14.1.